The molecule has 1 aliphatic carbocycles. The number of ether oxygens (including phenoxy) is 1. The average Bonchev–Trinajstić information content (AvgIpc) is 3.18. The highest BCUT2D eigenvalue weighted by molar-refractivity contribution is 6.32. The highest BCUT2D eigenvalue weighted by Crippen LogP contribution is 2.31. The molecule has 2 heterocycles. The monoisotopic (exact) mass is 324 g/mol. The van der Waals surface area contributed by atoms with Crippen molar-refractivity contribution in [1.82, 2.24) is 9.88 Å². The Morgan fingerprint density at radius 1 is 1.41 bits per heavy atom. The topological polar surface area (TPSA) is 79.7 Å². The number of carbonyl (C=O) groups is 2. The molecule has 1 aliphatic heterocycles. The van der Waals surface area contributed by atoms with Gasteiger partial charge in [0.15, 0.2) is 0 Å². The number of amides is 1. The number of hydrogen-bond acceptors (Lipinski definition) is 4. The molecule has 0 aromatic carbocycles. The highest BCUT2D eigenvalue weighted by Gasteiger charge is 2.31. The number of carboxylic acids is 1. The van der Waals surface area contributed by atoms with Gasteiger partial charge in [0.25, 0.3) is 5.91 Å². The van der Waals surface area contributed by atoms with E-state index in [1.807, 2.05) is 0 Å². The quantitative estimate of drug-likeness (QED) is 0.897. The second kappa shape index (κ2) is 6.12. The molecule has 0 spiro atoms. The zero-order chi connectivity index (χ0) is 15.7. The summed E-state index contributed by atoms with van der Waals surface area (Å²) in [5.74, 6) is -0.664. The SMILES string of the molecule is O=C(O)C1CCN(C(=O)c2cnc(OCC3CC3)c(Cl)c2)C1. The van der Waals surface area contributed by atoms with E-state index in [1.54, 1.807) is 0 Å². The lowest BCUT2D eigenvalue weighted by Crippen LogP contribution is -2.30. The van der Waals surface area contributed by atoms with Gasteiger partial charge in [0.05, 0.1) is 18.1 Å². The van der Waals surface area contributed by atoms with Gasteiger partial charge in [0, 0.05) is 19.3 Å². The van der Waals surface area contributed by atoms with Gasteiger partial charge in [-0.1, -0.05) is 11.6 Å². The van der Waals surface area contributed by atoms with E-state index in [0.29, 0.717) is 42.0 Å². The Balaban J connectivity index is 1.65. The highest BCUT2D eigenvalue weighted by atomic mass is 35.5. The molecule has 1 saturated carbocycles. The first-order valence-electron chi connectivity index (χ1n) is 7.35. The van der Waals surface area contributed by atoms with Gasteiger partial charge < -0.3 is 14.7 Å². The van der Waals surface area contributed by atoms with Gasteiger partial charge in [-0.05, 0) is 31.2 Å². The summed E-state index contributed by atoms with van der Waals surface area (Å²) in [7, 11) is 0. The number of aromatic nitrogens is 1. The van der Waals surface area contributed by atoms with Gasteiger partial charge in [0.2, 0.25) is 5.88 Å². The lowest BCUT2D eigenvalue weighted by atomic mass is 10.1. The Morgan fingerprint density at radius 2 is 2.18 bits per heavy atom. The first kappa shape index (κ1) is 15.1. The van der Waals surface area contributed by atoms with Crippen LogP contribution in [0.3, 0.4) is 0 Å². The number of carbonyl (C=O) groups excluding carboxylic acids is 1. The molecule has 6 nitrogen and oxygen atoms in total. The number of likely N-dealkylation sites (tertiary alicyclic amines) is 1. The third-order valence-electron chi connectivity index (χ3n) is 4.03. The van der Waals surface area contributed by atoms with Crippen molar-refractivity contribution in [2.24, 2.45) is 11.8 Å². The largest absolute Gasteiger partial charge is 0.481 e. The van der Waals surface area contributed by atoms with Crippen molar-refractivity contribution in [2.75, 3.05) is 19.7 Å². The molecule has 1 saturated heterocycles. The summed E-state index contributed by atoms with van der Waals surface area (Å²) in [5, 5.41) is 9.29. The van der Waals surface area contributed by atoms with E-state index >= 15 is 0 Å². The molecule has 118 valence electrons. The number of halogens is 1. The van der Waals surface area contributed by atoms with Crippen molar-refractivity contribution in [2.45, 2.75) is 19.3 Å². The molecule has 1 atom stereocenters. The van der Waals surface area contributed by atoms with E-state index in [0.717, 1.165) is 0 Å². The summed E-state index contributed by atoms with van der Waals surface area (Å²) >= 11 is 6.11. The number of carboxylic acid groups (broad SMARTS) is 1. The van der Waals surface area contributed by atoms with Crippen molar-refractivity contribution in [3.63, 3.8) is 0 Å². The zero-order valence-electron chi connectivity index (χ0n) is 12.0. The van der Waals surface area contributed by atoms with Crippen LogP contribution in [0.4, 0.5) is 0 Å². The lowest BCUT2D eigenvalue weighted by Gasteiger charge is -2.16. The Bertz CT molecular complexity index is 603. The summed E-state index contributed by atoms with van der Waals surface area (Å²) in [6.45, 7) is 1.27. The molecule has 7 heteroatoms. The van der Waals surface area contributed by atoms with Crippen LogP contribution in [0.25, 0.3) is 0 Å². The number of aliphatic carboxylic acids is 1. The van der Waals surface area contributed by atoms with Crippen LogP contribution >= 0.6 is 11.6 Å². The van der Waals surface area contributed by atoms with Crippen LogP contribution in [0.1, 0.15) is 29.6 Å². The Kier molecular flexibility index (Phi) is 4.20. The van der Waals surface area contributed by atoms with Gasteiger partial charge in [-0.2, -0.15) is 0 Å². The minimum Gasteiger partial charge on any atom is -0.481 e. The average molecular weight is 325 g/mol. The molecular weight excluding hydrogens is 308 g/mol. The predicted octanol–water partition coefficient (Wildman–Crippen LogP) is 2.07. The van der Waals surface area contributed by atoms with Crippen molar-refractivity contribution in [3.05, 3.63) is 22.8 Å². The fraction of sp³-hybridized carbons (Fsp3) is 0.533. The molecule has 3 rings (SSSR count). The summed E-state index contributed by atoms with van der Waals surface area (Å²) in [6, 6.07) is 1.53. The molecule has 2 fully saturated rings. The first-order valence-corrected chi connectivity index (χ1v) is 7.73. The minimum atomic E-state index is -0.865. The summed E-state index contributed by atoms with van der Waals surface area (Å²) in [5.41, 5.74) is 0.356. The zero-order valence-corrected chi connectivity index (χ0v) is 12.8. The van der Waals surface area contributed by atoms with E-state index in [4.69, 9.17) is 21.4 Å². The van der Waals surface area contributed by atoms with Gasteiger partial charge in [-0.25, -0.2) is 4.98 Å². The second-order valence-electron chi connectivity index (χ2n) is 5.84. The van der Waals surface area contributed by atoms with Gasteiger partial charge in [0.1, 0.15) is 5.02 Å². The number of nitrogens with zero attached hydrogens (tertiary/aromatic N) is 2. The van der Waals surface area contributed by atoms with Crippen LogP contribution in [0.2, 0.25) is 5.02 Å². The third-order valence-corrected chi connectivity index (χ3v) is 4.30. The summed E-state index contributed by atoms with van der Waals surface area (Å²) in [6.07, 6.45) is 4.26. The molecule has 1 aromatic heterocycles. The fourth-order valence-electron chi connectivity index (χ4n) is 2.46. The summed E-state index contributed by atoms with van der Waals surface area (Å²) in [4.78, 5) is 28.9. The predicted molar refractivity (Wildman–Crippen MR) is 79.1 cm³/mol. The van der Waals surface area contributed by atoms with E-state index in [-0.39, 0.29) is 12.5 Å². The van der Waals surface area contributed by atoms with Crippen LogP contribution in [-0.4, -0.2) is 46.6 Å². The van der Waals surface area contributed by atoms with E-state index < -0.39 is 11.9 Å². The normalized spacial score (nSPS) is 21.0. The number of hydrogen-bond donors (Lipinski definition) is 1. The maximum absolute atomic E-state index is 12.3. The van der Waals surface area contributed by atoms with Crippen LogP contribution in [0.15, 0.2) is 12.3 Å². The van der Waals surface area contributed by atoms with Crippen LogP contribution < -0.4 is 4.74 Å². The van der Waals surface area contributed by atoms with Gasteiger partial charge in [-0.3, -0.25) is 9.59 Å². The van der Waals surface area contributed by atoms with E-state index in [9.17, 15) is 9.59 Å². The van der Waals surface area contributed by atoms with Crippen LogP contribution in [0, 0.1) is 11.8 Å². The fourth-order valence-corrected chi connectivity index (χ4v) is 2.68. The Labute approximate surface area is 133 Å². The standard InChI is InChI=1S/C15H17ClN2O4/c16-12-5-11(6-17-13(12)22-8-9-1-2-9)14(19)18-4-3-10(7-18)15(20)21/h5-6,9-10H,1-4,7-8H2,(H,20,21). The van der Waals surface area contributed by atoms with Crippen LogP contribution in [-0.2, 0) is 4.79 Å². The Hall–Kier alpha value is -1.82. The smallest absolute Gasteiger partial charge is 0.308 e. The maximum Gasteiger partial charge on any atom is 0.308 e. The number of pyridine rings is 1. The molecule has 1 unspecified atom stereocenters. The van der Waals surface area contributed by atoms with E-state index in [2.05, 4.69) is 4.98 Å². The summed E-state index contributed by atoms with van der Waals surface area (Å²) < 4.78 is 5.52. The second-order valence-corrected chi connectivity index (χ2v) is 6.25. The third kappa shape index (κ3) is 3.32. The van der Waals surface area contributed by atoms with Crippen LogP contribution in [0.5, 0.6) is 5.88 Å². The molecule has 1 N–H and O–H groups in total. The van der Waals surface area contributed by atoms with Crippen molar-refractivity contribution in [3.8, 4) is 5.88 Å². The van der Waals surface area contributed by atoms with Crippen molar-refractivity contribution in [1.29, 1.82) is 0 Å². The van der Waals surface area contributed by atoms with Crippen molar-refractivity contribution < 1.29 is 19.4 Å². The van der Waals surface area contributed by atoms with Crippen molar-refractivity contribution >= 4 is 23.5 Å². The van der Waals surface area contributed by atoms with Gasteiger partial charge in [-0.15, -0.1) is 0 Å². The molecule has 2 aliphatic rings. The number of rotatable bonds is 5. The Morgan fingerprint density at radius 3 is 2.77 bits per heavy atom. The maximum atomic E-state index is 12.3. The minimum absolute atomic E-state index is 0.228. The molecular formula is C15H17ClN2O4. The van der Waals surface area contributed by atoms with Gasteiger partial charge >= 0.3 is 5.97 Å². The molecule has 0 bridgehead atoms. The molecule has 1 aromatic rings. The molecule has 1 amide bonds. The molecule has 22 heavy (non-hydrogen) atoms. The van der Waals surface area contributed by atoms with E-state index in [1.165, 1.54) is 30.0 Å². The lowest BCUT2D eigenvalue weighted by molar-refractivity contribution is -0.141. The molecule has 0 radical (unpaired) electrons. The first-order chi connectivity index (χ1) is 10.5.